The van der Waals surface area contributed by atoms with Gasteiger partial charge in [-0.05, 0) is 74.5 Å². The van der Waals surface area contributed by atoms with Crippen LogP contribution in [0.1, 0.15) is 24.1 Å². The maximum absolute atomic E-state index is 14.5. The number of halogens is 3. The van der Waals surface area contributed by atoms with Gasteiger partial charge in [0, 0.05) is 5.56 Å². The number of piperidine rings is 1. The van der Waals surface area contributed by atoms with Crippen LogP contribution in [0.2, 0.25) is 0 Å². The molecule has 6 nitrogen and oxygen atoms in total. The molecule has 0 spiro atoms. The van der Waals surface area contributed by atoms with Gasteiger partial charge in [0.25, 0.3) is 0 Å². The third-order valence-corrected chi connectivity index (χ3v) is 5.72. The summed E-state index contributed by atoms with van der Waals surface area (Å²) in [6, 6.07) is 12.9. The normalized spacial score (nSPS) is 16.1. The van der Waals surface area contributed by atoms with E-state index < -0.39 is 17.3 Å². The number of nitrogens with zero attached hydrogens (tertiary/aromatic N) is 2. The number of hydrogen-bond acceptors (Lipinski definition) is 5. The van der Waals surface area contributed by atoms with Gasteiger partial charge in [0.15, 0.2) is 0 Å². The summed E-state index contributed by atoms with van der Waals surface area (Å²) in [5.41, 5.74) is -2.37. The number of nitrogens with one attached hydrogen (secondary N) is 1. The highest BCUT2D eigenvalue weighted by Crippen LogP contribution is 2.46. The van der Waals surface area contributed by atoms with Gasteiger partial charge in [-0.25, -0.2) is 4.68 Å². The lowest BCUT2D eigenvalue weighted by atomic mass is 9.86. The van der Waals surface area contributed by atoms with Crippen LogP contribution >= 0.6 is 0 Å². The predicted molar refractivity (Wildman–Crippen MR) is 113 cm³/mol. The molecule has 9 heteroatoms. The van der Waals surface area contributed by atoms with Crippen LogP contribution in [0.3, 0.4) is 0 Å². The van der Waals surface area contributed by atoms with Gasteiger partial charge in [0.2, 0.25) is 0 Å². The molecule has 1 aliphatic heterocycles. The molecule has 1 aliphatic rings. The highest BCUT2D eigenvalue weighted by molar-refractivity contribution is 5.69. The van der Waals surface area contributed by atoms with Crippen LogP contribution < -0.4 is 14.8 Å². The molecule has 0 atom stereocenters. The molecule has 4 rings (SSSR count). The topological polar surface area (TPSA) is 68.5 Å². The molecule has 0 radical (unpaired) electrons. The summed E-state index contributed by atoms with van der Waals surface area (Å²) in [6.45, 7) is 0.808. The Balaban J connectivity index is 2.00. The Morgan fingerprint density at radius 3 is 1.97 bits per heavy atom. The minimum Gasteiger partial charge on any atom is -0.497 e. The van der Waals surface area contributed by atoms with Crippen molar-refractivity contribution in [2.45, 2.75) is 24.6 Å². The van der Waals surface area contributed by atoms with Crippen molar-refractivity contribution in [3.8, 4) is 28.4 Å². The molecule has 0 aliphatic carbocycles. The van der Waals surface area contributed by atoms with E-state index in [0.717, 1.165) is 0 Å². The van der Waals surface area contributed by atoms with Crippen LogP contribution in [0.5, 0.6) is 11.5 Å². The second-order valence-corrected chi connectivity index (χ2v) is 7.69. The molecular weight excluding hydrogens is 423 g/mol. The first-order valence-electron chi connectivity index (χ1n) is 10.2. The molecule has 2 N–H and O–H groups in total. The Kier molecular flexibility index (Phi) is 5.87. The van der Waals surface area contributed by atoms with Gasteiger partial charge in [-0.15, -0.1) is 0 Å². The number of methoxy groups -OCH3 is 2. The summed E-state index contributed by atoms with van der Waals surface area (Å²) in [4.78, 5) is 0. The first-order chi connectivity index (χ1) is 15.3. The van der Waals surface area contributed by atoms with Crippen molar-refractivity contribution < 1.29 is 27.8 Å². The standard InChI is InChI=1S/C23H24F3N3O3/c1-31-17-7-3-15(4-8-17)20-19(23(24,25)26)21(22(30)11-13-27-14-12-22)28-29(20)16-5-9-18(32-2)10-6-16/h3-10,27,30H,11-14H2,1-2H3. The second kappa shape index (κ2) is 8.48. The van der Waals surface area contributed by atoms with E-state index in [-0.39, 0.29) is 24.2 Å². The van der Waals surface area contributed by atoms with Crippen LogP contribution in [0, 0.1) is 0 Å². The van der Waals surface area contributed by atoms with Gasteiger partial charge >= 0.3 is 6.18 Å². The Morgan fingerprint density at radius 2 is 1.47 bits per heavy atom. The van der Waals surface area contributed by atoms with E-state index in [1.165, 1.54) is 18.9 Å². The SMILES string of the molecule is COc1ccc(-c2c(C(F)(F)F)c(C3(O)CCNCC3)nn2-c2ccc(OC)cc2)cc1. The van der Waals surface area contributed by atoms with E-state index in [1.807, 2.05) is 0 Å². The van der Waals surface area contributed by atoms with Crippen molar-refractivity contribution in [2.75, 3.05) is 27.3 Å². The molecule has 1 aromatic heterocycles. The van der Waals surface area contributed by atoms with Crippen molar-refractivity contribution in [2.24, 2.45) is 0 Å². The highest BCUT2D eigenvalue weighted by Gasteiger charge is 2.47. The molecule has 1 saturated heterocycles. The fourth-order valence-electron chi connectivity index (χ4n) is 4.02. The van der Waals surface area contributed by atoms with E-state index in [9.17, 15) is 18.3 Å². The maximum atomic E-state index is 14.5. The molecule has 1 fully saturated rings. The Morgan fingerprint density at radius 1 is 0.938 bits per heavy atom. The molecule has 3 aromatic rings. The monoisotopic (exact) mass is 447 g/mol. The van der Waals surface area contributed by atoms with E-state index in [0.29, 0.717) is 35.8 Å². The summed E-state index contributed by atoms with van der Waals surface area (Å²) in [7, 11) is 3.00. The first kappa shape index (κ1) is 22.2. The highest BCUT2D eigenvalue weighted by atomic mass is 19.4. The van der Waals surface area contributed by atoms with Crippen LogP contribution in [-0.2, 0) is 11.8 Å². The summed E-state index contributed by atoms with van der Waals surface area (Å²) >= 11 is 0. The second-order valence-electron chi connectivity index (χ2n) is 7.69. The first-order valence-corrected chi connectivity index (χ1v) is 10.2. The number of ether oxygens (including phenoxy) is 2. The summed E-state index contributed by atoms with van der Waals surface area (Å²) < 4.78 is 55.0. The zero-order valence-electron chi connectivity index (χ0n) is 17.7. The van der Waals surface area contributed by atoms with Crippen molar-refractivity contribution in [1.29, 1.82) is 0 Å². The number of aromatic nitrogens is 2. The predicted octanol–water partition coefficient (Wildman–Crippen LogP) is 4.15. The fourth-order valence-corrected chi connectivity index (χ4v) is 4.02. The lowest BCUT2D eigenvalue weighted by Crippen LogP contribution is -2.41. The third-order valence-electron chi connectivity index (χ3n) is 5.72. The maximum Gasteiger partial charge on any atom is 0.420 e. The van der Waals surface area contributed by atoms with Gasteiger partial charge < -0.3 is 19.9 Å². The minimum absolute atomic E-state index is 0.132. The lowest BCUT2D eigenvalue weighted by Gasteiger charge is -2.32. The van der Waals surface area contributed by atoms with E-state index >= 15 is 0 Å². The van der Waals surface area contributed by atoms with Gasteiger partial charge in [-0.2, -0.15) is 18.3 Å². The molecular formula is C23H24F3N3O3. The van der Waals surface area contributed by atoms with Gasteiger partial charge in [-0.1, -0.05) is 0 Å². The number of benzene rings is 2. The smallest absolute Gasteiger partial charge is 0.420 e. The summed E-state index contributed by atoms with van der Waals surface area (Å²) in [5.74, 6) is 1.09. The molecule has 0 amide bonds. The van der Waals surface area contributed by atoms with E-state index in [4.69, 9.17) is 9.47 Å². The van der Waals surface area contributed by atoms with Crippen LogP contribution in [0.4, 0.5) is 13.2 Å². The van der Waals surface area contributed by atoms with Gasteiger partial charge in [-0.3, -0.25) is 0 Å². The summed E-state index contributed by atoms with van der Waals surface area (Å²) in [6.07, 6.45) is -4.45. The Labute approximate surface area is 183 Å². The number of rotatable bonds is 5. The van der Waals surface area contributed by atoms with E-state index in [2.05, 4.69) is 10.4 Å². The van der Waals surface area contributed by atoms with Crippen LogP contribution in [0.25, 0.3) is 16.9 Å². The number of alkyl halides is 3. The quantitative estimate of drug-likeness (QED) is 0.615. The average Bonchev–Trinajstić information content (AvgIpc) is 3.22. The van der Waals surface area contributed by atoms with Crippen molar-refractivity contribution in [1.82, 2.24) is 15.1 Å². The molecule has 0 bridgehead atoms. The molecule has 0 saturated carbocycles. The Hall–Kier alpha value is -3.04. The van der Waals surface area contributed by atoms with Crippen molar-refractivity contribution in [3.05, 3.63) is 59.8 Å². The number of aliphatic hydroxyl groups is 1. The zero-order valence-corrected chi connectivity index (χ0v) is 17.7. The molecule has 32 heavy (non-hydrogen) atoms. The average molecular weight is 447 g/mol. The molecule has 2 heterocycles. The third kappa shape index (κ3) is 4.05. The van der Waals surface area contributed by atoms with Crippen LogP contribution in [0.15, 0.2) is 48.5 Å². The van der Waals surface area contributed by atoms with Crippen LogP contribution in [-0.4, -0.2) is 42.2 Å². The minimum atomic E-state index is -4.73. The zero-order chi connectivity index (χ0) is 22.9. The van der Waals surface area contributed by atoms with Crippen molar-refractivity contribution in [3.63, 3.8) is 0 Å². The van der Waals surface area contributed by atoms with E-state index in [1.54, 1.807) is 48.5 Å². The molecule has 170 valence electrons. The molecule has 2 aromatic carbocycles. The summed E-state index contributed by atoms with van der Waals surface area (Å²) in [5, 5.41) is 18.7. The fraction of sp³-hybridized carbons (Fsp3) is 0.348. The van der Waals surface area contributed by atoms with Gasteiger partial charge in [0.1, 0.15) is 28.4 Å². The number of hydrogen-bond donors (Lipinski definition) is 2. The van der Waals surface area contributed by atoms with Gasteiger partial charge in [0.05, 0.1) is 25.6 Å². The van der Waals surface area contributed by atoms with Crippen molar-refractivity contribution >= 4 is 0 Å². The lowest BCUT2D eigenvalue weighted by molar-refractivity contribution is -0.140. The largest absolute Gasteiger partial charge is 0.497 e. The Bertz CT molecular complexity index is 1070. The molecule has 0 unspecified atom stereocenters.